The zero-order valence-electron chi connectivity index (χ0n) is 17.4. The molecule has 29 heavy (non-hydrogen) atoms. The van der Waals surface area contributed by atoms with Gasteiger partial charge in [-0.3, -0.25) is 0 Å². The van der Waals surface area contributed by atoms with Crippen molar-refractivity contribution in [1.82, 2.24) is 4.57 Å². The second-order valence-electron chi connectivity index (χ2n) is 7.04. The Hall–Kier alpha value is -1.10. The van der Waals surface area contributed by atoms with E-state index >= 15 is 0 Å². The minimum absolute atomic E-state index is 0. The normalized spacial score (nSPS) is 14.2. The fourth-order valence-electron chi connectivity index (χ4n) is 4.30. The van der Waals surface area contributed by atoms with Crippen molar-refractivity contribution in [1.29, 1.82) is 0 Å². The predicted molar refractivity (Wildman–Crippen MR) is 119 cm³/mol. The quantitative estimate of drug-likeness (QED) is 0.400. The van der Waals surface area contributed by atoms with Gasteiger partial charge in [-0.1, -0.05) is 39.2 Å². The summed E-state index contributed by atoms with van der Waals surface area (Å²) >= 11 is 1.41. The number of fused-ring (bicyclic) bond motifs is 1. The standard InChI is InChI=1S/C22H23NO2S.C2H6.Y/c1-3-23-17-13-18(22(24)25)26-21(17)19(15-10-5-4-6-11-15)20(23)16-12-8-7-9-14(16)2;1-2;/h7-9,12-13,15H,1-6,10-11H2,(H,24,25);1-2H3;/q-2;;. The second kappa shape index (κ2) is 10.8. The van der Waals surface area contributed by atoms with E-state index in [0.29, 0.717) is 17.3 Å². The third-order valence-corrected chi connectivity index (χ3v) is 6.64. The van der Waals surface area contributed by atoms with E-state index in [1.807, 2.05) is 38.1 Å². The molecule has 0 spiro atoms. The number of nitrogens with zero attached hydrogens (tertiary/aromatic N) is 1. The molecule has 5 heteroatoms. The number of aromatic carboxylic acids is 1. The van der Waals surface area contributed by atoms with Crippen LogP contribution in [-0.4, -0.2) is 15.6 Å². The Bertz CT molecular complexity index is 967. The van der Waals surface area contributed by atoms with Gasteiger partial charge in [0.15, 0.2) is 0 Å². The zero-order chi connectivity index (χ0) is 20.3. The number of thiophene rings is 1. The first-order valence-electron chi connectivity index (χ1n) is 10.2. The molecule has 1 fully saturated rings. The van der Waals surface area contributed by atoms with E-state index in [4.69, 9.17) is 0 Å². The molecule has 0 saturated heterocycles. The molecule has 1 radical (unpaired) electrons. The van der Waals surface area contributed by atoms with Gasteiger partial charge in [-0.2, -0.15) is 18.6 Å². The van der Waals surface area contributed by atoms with Crippen LogP contribution in [0.15, 0.2) is 30.3 Å². The average Bonchev–Trinajstić information content (AvgIpc) is 3.27. The molecule has 1 aliphatic rings. The van der Waals surface area contributed by atoms with E-state index in [9.17, 15) is 9.90 Å². The Labute approximate surface area is 203 Å². The summed E-state index contributed by atoms with van der Waals surface area (Å²) in [7, 11) is 0. The number of carboxylic acid groups (broad SMARTS) is 1. The van der Waals surface area contributed by atoms with E-state index in [1.54, 1.807) is 0 Å². The average molecular weight is 484 g/mol. The Morgan fingerprint density at radius 3 is 2.45 bits per heavy atom. The Morgan fingerprint density at radius 2 is 1.86 bits per heavy atom. The van der Waals surface area contributed by atoms with Crippen LogP contribution in [0.5, 0.6) is 0 Å². The van der Waals surface area contributed by atoms with Crippen LogP contribution in [0.4, 0.5) is 0 Å². The van der Waals surface area contributed by atoms with Gasteiger partial charge in [0.1, 0.15) is 4.88 Å². The summed E-state index contributed by atoms with van der Waals surface area (Å²) in [5.41, 5.74) is 5.65. The molecule has 153 valence electrons. The van der Waals surface area contributed by atoms with E-state index in [1.165, 1.54) is 54.7 Å². The SMILES string of the molecule is CC.[CH2-]Cn1c(-c2ccccc2[CH2-])c(C2CCCCC2)c2sc(C(=O)O)cc21.[Y]. The van der Waals surface area contributed by atoms with Crippen LogP contribution in [0.2, 0.25) is 0 Å². The van der Waals surface area contributed by atoms with Crippen molar-refractivity contribution in [3.05, 3.63) is 60.2 Å². The molecule has 0 bridgehead atoms. The number of hydrogen-bond donors (Lipinski definition) is 1. The Kier molecular flexibility index (Phi) is 8.99. The summed E-state index contributed by atoms with van der Waals surface area (Å²) in [6.07, 6.45) is 6.11. The molecule has 1 aliphatic carbocycles. The van der Waals surface area contributed by atoms with Crippen LogP contribution in [0.25, 0.3) is 21.5 Å². The number of aromatic nitrogens is 1. The predicted octanol–water partition coefficient (Wildman–Crippen LogP) is 7.16. The van der Waals surface area contributed by atoms with Crippen molar-refractivity contribution in [3.63, 3.8) is 0 Å². The van der Waals surface area contributed by atoms with E-state index in [-0.39, 0.29) is 32.7 Å². The number of carbonyl (C=O) groups is 1. The minimum atomic E-state index is -0.851. The zero-order valence-corrected chi connectivity index (χ0v) is 21.1. The molecule has 1 saturated carbocycles. The number of rotatable bonds is 4. The molecule has 1 aromatic carbocycles. The maximum absolute atomic E-state index is 11.5. The van der Waals surface area contributed by atoms with Crippen LogP contribution in [0.3, 0.4) is 0 Å². The summed E-state index contributed by atoms with van der Waals surface area (Å²) in [4.78, 5) is 11.9. The topological polar surface area (TPSA) is 42.2 Å². The third kappa shape index (κ3) is 4.65. The number of carboxylic acids is 1. The summed E-state index contributed by atoms with van der Waals surface area (Å²) in [6.45, 7) is 12.9. The smallest absolute Gasteiger partial charge is 0.345 e. The Morgan fingerprint density at radius 1 is 1.21 bits per heavy atom. The van der Waals surface area contributed by atoms with Crippen LogP contribution in [0.1, 0.15) is 72.7 Å². The van der Waals surface area contributed by atoms with E-state index < -0.39 is 5.97 Å². The molecule has 1 N–H and O–H groups in total. The summed E-state index contributed by atoms with van der Waals surface area (Å²) in [5, 5.41) is 9.48. The second-order valence-corrected chi connectivity index (χ2v) is 8.09. The van der Waals surface area contributed by atoms with Crippen molar-refractivity contribution >= 4 is 27.5 Å². The van der Waals surface area contributed by atoms with Gasteiger partial charge in [-0.25, -0.2) is 4.79 Å². The van der Waals surface area contributed by atoms with Crippen LogP contribution < -0.4 is 0 Å². The van der Waals surface area contributed by atoms with Crippen LogP contribution >= 0.6 is 11.3 Å². The molecule has 3 aromatic rings. The monoisotopic (exact) mass is 484 g/mol. The van der Waals surface area contributed by atoms with Gasteiger partial charge >= 0.3 is 5.97 Å². The summed E-state index contributed by atoms with van der Waals surface area (Å²) in [5.74, 6) is -0.371. The van der Waals surface area contributed by atoms with Gasteiger partial charge in [0.05, 0.1) is 10.2 Å². The molecule has 2 heterocycles. The van der Waals surface area contributed by atoms with Gasteiger partial charge in [0.2, 0.25) is 0 Å². The van der Waals surface area contributed by atoms with Gasteiger partial charge in [0.25, 0.3) is 0 Å². The summed E-state index contributed by atoms with van der Waals surface area (Å²) in [6, 6.07) is 10.0. The first kappa shape index (κ1) is 24.2. The van der Waals surface area contributed by atoms with Gasteiger partial charge in [-0.15, -0.1) is 35.6 Å². The van der Waals surface area contributed by atoms with Crippen molar-refractivity contribution in [2.75, 3.05) is 0 Å². The first-order valence-corrected chi connectivity index (χ1v) is 11.0. The van der Waals surface area contributed by atoms with Crippen LogP contribution in [-0.2, 0) is 39.3 Å². The minimum Gasteiger partial charge on any atom is -0.477 e. The molecule has 2 aromatic heterocycles. The van der Waals surface area contributed by atoms with E-state index in [2.05, 4.69) is 24.5 Å². The van der Waals surface area contributed by atoms with Gasteiger partial charge < -0.3 is 16.6 Å². The molecule has 0 aliphatic heterocycles. The molecule has 3 nitrogen and oxygen atoms in total. The molecule has 0 atom stereocenters. The van der Waals surface area contributed by atoms with Crippen molar-refractivity contribution in [2.24, 2.45) is 0 Å². The molecule has 0 amide bonds. The molecular weight excluding hydrogens is 455 g/mol. The molecule has 4 rings (SSSR count). The maximum Gasteiger partial charge on any atom is 0.345 e. The fraction of sp³-hybridized carbons (Fsp3) is 0.375. The van der Waals surface area contributed by atoms with Gasteiger partial charge in [-0.05, 0) is 36.1 Å². The molecular formula is C24H29NO2SY-2. The van der Waals surface area contributed by atoms with Crippen LogP contribution in [0, 0.1) is 13.8 Å². The third-order valence-electron chi connectivity index (χ3n) is 5.49. The number of benzene rings is 1. The van der Waals surface area contributed by atoms with E-state index in [0.717, 1.165) is 21.3 Å². The summed E-state index contributed by atoms with van der Waals surface area (Å²) < 4.78 is 3.31. The van der Waals surface area contributed by atoms with Crippen molar-refractivity contribution < 1.29 is 42.6 Å². The first-order chi connectivity index (χ1) is 13.6. The van der Waals surface area contributed by atoms with Crippen molar-refractivity contribution in [3.8, 4) is 11.3 Å². The fourth-order valence-corrected chi connectivity index (χ4v) is 5.42. The number of hydrogen-bond acceptors (Lipinski definition) is 2. The van der Waals surface area contributed by atoms with Crippen molar-refractivity contribution in [2.45, 2.75) is 58.4 Å². The van der Waals surface area contributed by atoms with Gasteiger partial charge in [0, 0.05) is 32.7 Å². The largest absolute Gasteiger partial charge is 0.477 e. The Balaban J connectivity index is 0.000000970. The maximum atomic E-state index is 11.5. The molecule has 0 unspecified atom stereocenters.